The Morgan fingerprint density at radius 1 is 1.00 bits per heavy atom. The molecule has 0 saturated carbocycles. The lowest BCUT2D eigenvalue weighted by atomic mass is 10.2. The van der Waals surface area contributed by atoms with Crippen LogP contribution in [0.2, 0.25) is 5.02 Å². The summed E-state index contributed by atoms with van der Waals surface area (Å²) in [5.41, 5.74) is 2.77. The van der Waals surface area contributed by atoms with E-state index in [-0.39, 0.29) is 5.91 Å². The van der Waals surface area contributed by atoms with Crippen LogP contribution < -0.4 is 20.1 Å². The maximum atomic E-state index is 12.6. The van der Waals surface area contributed by atoms with Gasteiger partial charge in [0.15, 0.2) is 11.5 Å². The first-order valence-electron chi connectivity index (χ1n) is 8.82. The average molecular weight is 396 g/mol. The van der Waals surface area contributed by atoms with Gasteiger partial charge in [-0.3, -0.25) is 9.78 Å². The summed E-state index contributed by atoms with van der Waals surface area (Å²) in [4.78, 5) is 16.7. The Hall–Kier alpha value is -3.25. The molecule has 0 bridgehead atoms. The second-order valence-corrected chi connectivity index (χ2v) is 6.63. The van der Waals surface area contributed by atoms with Gasteiger partial charge in [0.2, 0.25) is 0 Å². The third kappa shape index (κ3) is 4.18. The summed E-state index contributed by atoms with van der Waals surface area (Å²) in [5, 5.41) is 6.78. The van der Waals surface area contributed by atoms with Crippen LogP contribution in [0.5, 0.6) is 11.5 Å². The van der Waals surface area contributed by atoms with Crippen molar-refractivity contribution in [2.24, 2.45) is 0 Å². The maximum absolute atomic E-state index is 12.6. The molecule has 7 heteroatoms. The van der Waals surface area contributed by atoms with Crippen molar-refractivity contribution in [2.75, 3.05) is 23.8 Å². The van der Waals surface area contributed by atoms with Crippen molar-refractivity contribution in [3.05, 3.63) is 77.1 Å². The summed E-state index contributed by atoms with van der Waals surface area (Å²) in [6.07, 6.45) is 3.19. The van der Waals surface area contributed by atoms with Crippen LogP contribution in [0.4, 0.5) is 11.4 Å². The first-order chi connectivity index (χ1) is 13.7. The van der Waals surface area contributed by atoms with Crippen LogP contribution in [0.3, 0.4) is 0 Å². The lowest BCUT2D eigenvalue weighted by Crippen LogP contribution is -2.16. The highest BCUT2D eigenvalue weighted by Crippen LogP contribution is 2.32. The van der Waals surface area contributed by atoms with Crippen LogP contribution in [0.15, 0.2) is 60.9 Å². The number of anilines is 2. The predicted molar refractivity (Wildman–Crippen MR) is 108 cm³/mol. The zero-order chi connectivity index (χ0) is 19.3. The molecule has 2 heterocycles. The number of carbonyl (C=O) groups is 1. The van der Waals surface area contributed by atoms with E-state index in [4.69, 9.17) is 21.1 Å². The predicted octanol–water partition coefficient (Wildman–Crippen LogP) is 4.37. The number of ether oxygens (including phenoxy) is 2. The molecule has 2 aromatic carbocycles. The highest BCUT2D eigenvalue weighted by molar-refractivity contribution is 6.31. The molecule has 6 nitrogen and oxygen atoms in total. The molecule has 1 aliphatic heterocycles. The number of rotatable bonds is 5. The number of pyridine rings is 1. The first-order valence-corrected chi connectivity index (χ1v) is 9.20. The topological polar surface area (TPSA) is 72.5 Å². The quantitative estimate of drug-likeness (QED) is 0.671. The minimum absolute atomic E-state index is 0.259. The SMILES string of the molecule is O=C(Nc1ccc2c(c1)OCCO2)c1cncc(NCc2ccccc2Cl)c1. The standard InChI is InChI=1S/C21H18ClN3O3/c22-18-4-2-1-3-14(18)12-24-17-9-15(11-23-13-17)21(26)25-16-5-6-19-20(10-16)28-8-7-27-19/h1-6,9-11,13,24H,7-8,12H2,(H,25,26). The van der Waals surface area contributed by atoms with E-state index in [1.54, 1.807) is 30.5 Å². The third-order valence-electron chi connectivity index (χ3n) is 4.24. The molecule has 0 radical (unpaired) electrons. The Labute approximate surface area is 167 Å². The van der Waals surface area contributed by atoms with E-state index in [0.717, 1.165) is 11.3 Å². The number of amides is 1. The van der Waals surface area contributed by atoms with Gasteiger partial charge in [0.25, 0.3) is 5.91 Å². The summed E-state index contributed by atoms with van der Waals surface area (Å²) in [7, 11) is 0. The smallest absolute Gasteiger partial charge is 0.257 e. The van der Waals surface area contributed by atoms with Crippen LogP contribution in [0.25, 0.3) is 0 Å². The largest absolute Gasteiger partial charge is 0.486 e. The van der Waals surface area contributed by atoms with Crippen molar-refractivity contribution in [3.8, 4) is 11.5 Å². The zero-order valence-corrected chi connectivity index (χ0v) is 15.7. The van der Waals surface area contributed by atoms with Gasteiger partial charge < -0.3 is 20.1 Å². The molecular weight excluding hydrogens is 378 g/mol. The molecule has 4 rings (SSSR count). The minimum Gasteiger partial charge on any atom is -0.486 e. The van der Waals surface area contributed by atoms with Gasteiger partial charge in [-0.15, -0.1) is 0 Å². The first kappa shape index (κ1) is 18.1. The normalized spacial score (nSPS) is 12.3. The summed E-state index contributed by atoms with van der Waals surface area (Å²) in [6.45, 7) is 1.56. The van der Waals surface area contributed by atoms with Gasteiger partial charge in [0.05, 0.1) is 11.3 Å². The van der Waals surface area contributed by atoms with Gasteiger partial charge in [-0.1, -0.05) is 29.8 Å². The van der Waals surface area contributed by atoms with Crippen molar-refractivity contribution in [2.45, 2.75) is 6.54 Å². The number of fused-ring (bicyclic) bond motifs is 1. The Kier molecular flexibility index (Phi) is 5.30. The van der Waals surface area contributed by atoms with Crippen LogP contribution in [0, 0.1) is 0 Å². The number of nitrogens with zero attached hydrogens (tertiary/aromatic N) is 1. The second-order valence-electron chi connectivity index (χ2n) is 6.22. The number of halogens is 1. The molecular formula is C21H18ClN3O3. The zero-order valence-electron chi connectivity index (χ0n) is 14.9. The van der Waals surface area contributed by atoms with Crippen LogP contribution in [0.1, 0.15) is 15.9 Å². The van der Waals surface area contributed by atoms with Crippen LogP contribution >= 0.6 is 11.6 Å². The fraction of sp³-hybridized carbons (Fsp3) is 0.143. The summed E-state index contributed by atoms with van der Waals surface area (Å²) < 4.78 is 11.0. The molecule has 0 fully saturated rings. The molecule has 142 valence electrons. The molecule has 0 aliphatic carbocycles. The van der Waals surface area contributed by atoms with Crippen molar-refractivity contribution in [1.29, 1.82) is 0 Å². The Balaban J connectivity index is 1.43. The Morgan fingerprint density at radius 3 is 2.68 bits per heavy atom. The van der Waals surface area contributed by atoms with E-state index in [2.05, 4.69) is 15.6 Å². The van der Waals surface area contributed by atoms with E-state index in [9.17, 15) is 4.79 Å². The fourth-order valence-electron chi connectivity index (χ4n) is 2.82. The second kappa shape index (κ2) is 8.19. The molecule has 0 unspecified atom stereocenters. The minimum atomic E-state index is -0.259. The fourth-order valence-corrected chi connectivity index (χ4v) is 3.03. The Morgan fingerprint density at radius 2 is 1.82 bits per heavy atom. The van der Waals surface area contributed by atoms with Gasteiger partial charge >= 0.3 is 0 Å². The molecule has 1 aliphatic rings. The Bertz CT molecular complexity index is 1010. The third-order valence-corrected chi connectivity index (χ3v) is 4.61. The summed E-state index contributed by atoms with van der Waals surface area (Å²) in [5.74, 6) is 1.04. The molecule has 0 spiro atoms. The van der Waals surface area contributed by atoms with Crippen LogP contribution in [-0.2, 0) is 6.54 Å². The van der Waals surface area contributed by atoms with E-state index in [1.165, 1.54) is 6.20 Å². The van der Waals surface area contributed by atoms with Crippen molar-refractivity contribution < 1.29 is 14.3 Å². The number of hydrogen-bond acceptors (Lipinski definition) is 5. The lowest BCUT2D eigenvalue weighted by molar-refractivity contribution is 0.102. The van der Waals surface area contributed by atoms with E-state index >= 15 is 0 Å². The van der Waals surface area contributed by atoms with Crippen molar-refractivity contribution >= 4 is 28.9 Å². The van der Waals surface area contributed by atoms with Gasteiger partial charge in [-0.05, 0) is 29.8 Å². The van der Waals surface area contributed by atoms with Crippen molar-refractivity contribution in [3.63, 3.8) is 0 Å². The summed E-state index contributed by atoms with van der Waals surface area (Å²) in [6, 6.07) is 14.7. The maximum Gasteiger partial charge on any atom is 0.257 e. The van der Waals surface area contributed by atoms with Gasteiger partial charge in [0, 0.05) is 35.7 Å². The average Bonchev–Trinajstić information content (AvgIpc) is 2.73. The van der Waals surface area contributed by atoms with Gasteiger partial charge in [0.1, 0.15) is 13.2 Å². The monoisotopic (exact) mass is 395 g/mol. The van der Waals surface area contributed by atoms with Crippen LogP contribution in [-0.4, -0.2) is 24.1 Å². The van der Waals surface area contributed by atoms with Gasteiger partial charge in [-0.25, -0.2) is 0 Å². The van der Waals surface area contributed by atoms with Gasteiger partial charge in [-0.2, -0.15) is 0 Å². The van der Waals surface area contributed by atoms with Crippen molar-refractivity contribution in [1.82, 2.24) is 4.98 Å². The molecule has 0 atom stereocenters. The molecule has 0 saturated heterocycles. The number of carbonyl (C=O) groups excluding carboxylic acids is 1. The number of hydrogen-bond donors (Lipinski definition) is 2. The van der Waals surface area contributed by atoms with E-state index < -0.39 is 0 Å². The molecule has 1 aromatic heterocycles. The highest BCUT2D eigenvalue weighted by Gasteiger charge is 2.14. The number of benzene rings is 2. The van der Waals surface area contributed by atoms with E-state index in [0.29, 0.717) is 47.5 Å². The highest BCUT2D eigenvalue weighted by atomic mass is 35.5. The molecule has 3 aromatic rings. The summed E-state index contributed by atoms with van der Waals surface area (Å²) >= 11 is 6.17. The lowest BCUT2D eigenvalue weighted by Gasteiger charge is -2.19. The molecule has 2 N–H and O–H groups in total. The molecule has 1 amide bonds. The number of nitrogens with one attached hydrogen (secondary N) is 2. The number of aromatic nitrogens is 1. The molecule has 28 heavy (non-hydrogen) atoms. The van der Waals surface area contributed by atoms with E-state index in [1.807, 2.05) is 24.3 Å².